The third-order valence-corrected chi connectivity index (χ3v) is 4.57. The Hall–Kier alpha value is -3.16. The minimum atomic E-state index is -0.803. The maximum Gasteiger partial charge on any atom is 0.306 e. The number of nitrogens with one attached hydrogen (secondary N) is 1. The second-order valence-electron chi connectivity index (χ2n) is 6.64. The summed E-state index contributed by atoms with van der Waals surface area (Å²) < 4.78 is 4.93. The van der Waals surface area contributed by atoms with Crippen LogP contribution in [0.25, 0.3) is 0 Å². The van der Waals surface area contributed by atoms with Gasteiger partial charge >= 0.3 is 5.97 Å². The molecule has 1 aliphatic rings. The van der Waals surface area contributed by atoms with E-state index in [0.717, 1.165) is 0 Å². The first kappa shape index (κ1) is 18.6. The Kier molecular flexibility index (Phi) is 5.54. The van der Waals surface area contributed by atoms with Gasteiger partial charge in [0.25, 0.3) is 5.91 Å². The zero-order chi connectivity index (χ0) is 19.4. The first-order valence-corrected chi connectivity index (χ1v) is 8.76. The summed E-state index contributed by atoms with van der Waals surface area (Å²) >= 11 is 0. The number of nitrogens with zero attached hydrogens (tertiary/aromatic N) is 2. The predicted molar refractivity (Wildman–Crippen MR) is 96.3 cm³/mol. The van der Waals surface area contributed by atoms with Crippen molar-refractivity contribution in [2.24, 2.45) is 5.92 Å². The molecule has 0 aliphatic carbocycles. The second-order valence-corrected chi connectivity index (χ2v) is 6.64. The lowest BCUT2D eigenvalue weighted by Crippen LogP contribution is -2.40. The summed E-state index contributed by atoms with van der Waals surface area (Å²) in [7, 11) is 0. The minimum absolute atomic E-state index is 0.108. The predicted octanol–water partition coefficient (Wildman–Crippen LogP) is 2.10. The normalized spacial score (nSPS) is 14.8. The SMILES string of the molecule is Cc1cc(CC(=O)Nc2ccc(C(=O)N3CCC(C(=O)O)CC3)cc2)no1. The van der Waals surface area contributed by atoms with Crippen LogP contribution in [0.2, 0.25) is 0 Å². The van der Waals surface area contributed by atoms with E-state index in [1.54, 1.807) is 42.2 Å². The van der Waals surface area contributed by atoms with Crippen LogP contribution in [0.5, 0.6) is 0 Å². The van der Waals surface area contributed by atoms with E-state index in [0.29, 0.717) is 48.6 Å². The molecule has 2 amide bonds. The molecule has 0 atom stereocenters. The van der Waals surface area contributed by atoms with Crippen LogP contribution in [-0.2, 0) is 16.0 Å². The van der Waals surface area contributed by atoms with Gasteiger partial charge in [-0.3, -0.25) is 14.4 Å². The molecular weight excluding hydrogens is 350 g/mol. The zero-order valence-electron chi connectivity index (χ0n) is 15.0. The maximum atomic E-state index is 12.5. The number of rotatable bonds is 5. The fourth-order valence-corrected chi connectivity index (χ4v) is 3.08. The lowest BCUT2D eigenvalue weighted by Gasteiger charge is -2.30. The number of hydrogen-bond acceptors (Lipinski definition) is 5. The minimum Gasteiger partial charge on any atom is -0.481 e. The first-order chi connectivity index (χ1) is 12.9. The van der Waals surface area contributed by atoms with Crippen molar-refractivity contribution in [2.75, 3.05) is 18.4 Å². The smallest absolute Gasteiger partial charge is 0.306 e. The van der Waals surface area contributed by atoms with Crippen LogP contribution in [0, 0.1) is 12.8 Å². The highest BCUT2D eigenvalue weighted by Crippen LogP contribution is 2.20. The second kappa shape index (κ2) is 8.03. The molecule has 0 spiro atoms. The number of carbonyl (C=O) groups excluding carboxylic acids is 2. The summed E-state index contributed by atoms with van der Waals surface area (Å²) in [6.45, 7) is 2.63. The van der Waals surface area contributed by atoms with Crippen molar-refractivity contribution in [3.05, 3.63) is 47.3 Å². The van der Waals surface area contributed by atoms with Gasteiger partial charge in [-0.05, 0) is 44.0 Å². The van der Waals surface area contributed by atoms with Crippen LogP contribution in [0.15, 0.2) is 34.9 Å². The van der Waals surface area contributed by atoms with Gasteiger partial charge in [-0.15, -0.1) is 0 Å². The molecule has 1 aliphatic heterocycles. The highest BCUT2D eigenvalue weighted by molar-refractivity contribution is 5.96. The van der Waals surface area contributed by atoms with Gasteiger partial charge in [-0.2, -0.15) is 0 Å². The number of likely N-dealkylation sites (tertiary alicyclic amines) is 1. The Balaban J connectivity index is 1.54. The van der Waals surface area contributed by atoms with Gasteiger partial charge in [0.15, 0.2) is 0 Å². The van der Waals surface area contributed by atoms with E-state index in [1.165, 1.54) is 0 Å². The molecule has 3 rings (SSSR count). The van der Waals surface area contributed by atoms with E-state index in [9.17, 15) is 14.4 Å². The summed E-state index contributed by atoms with van der Waals surface area (Å²) in [4.78, 5) is 37.2. The number of aryl methyl sites for hydroxylation is 1. The fourth-order valence-electron chi connectivity index (χ4n) is 3.08. The van der Waals surface area contributed by atoms with Crippen molar-refractivity contribution in [1.82, 2.24) is 10.1 Å². The number of aromatic nitrogens is 1. The molecule has 1 fully saturated rings. The lowest BCUT2D eigenvalue weighted by molar-refractivity contribution is -0.143. The van der Waals surface area contributed by atoms with E-state index < -0.39 is 5.97 Å². The largest absolute Gasteiger partial charge is 0.481 e. The molecule has 0 saturated carbocycles. The van der Waals surface area contributed by atoms with E-state index in [2.05, 4.69) is 10.5 Å². The average Bonchev–Trinajstić information content (AvgIpc) is 3.06. The highest BCUT2D eigenvalue weighted by Gasteiger charge is 2.27. The maximum absolute atomic E-state index is 12.5. The van der Waals surface area contributed by atoms with E-state index >= 15 is 0 Å². The molecule has 27 heavy (non-hydrogen) atoms. The molecule has 2 aromatic rings. The number of benzene rings is 1. The van der Waals surface area contributed by atoms with Gasteiger partial charge < -0.3 is 19.8 Å². The number of amides is 2. The summed E-state index contributed by atoms with van der Waals surface area (Å²) in [5.74, 6) is -0.885. The number of carboxylic acids is 1. The zero-order valence-corrected chi connectivity index (χ0v) is 15.0. The Morgan fingerprint density at radius 2 is 1.89 bits per heavy atom. The van der Waals surface area contributed by atoms with E-state index in [4.69, 9.17) is 9.63 Å². The molecule has 2 heterocycles. The number of aliphatic carboxylic acids is 1. The van der Waals surface area contributed by atoms with Gasteiger partial charge in [0.1, 0.15) is 5.76 Å². The van der Waals surface area contributed by atoms with Crippen molar-refractivity contribution in [2.45, 2.75) is 26.2 Å². The molecule has 142 valence electrons. The molecule has 8 heteroatoms. The van der Waals surface area contributed by atoms with E-state index in [-0.39, 0.29) is 24.2 Å². The van der Waals surface area contributed by atoms with Gasteiger partial charge in [0.2, 0.25) is 5.91 Å². The molecule has 0 bridgehead atoms. The molecule has 1 saturated heterocycles. The Morgan fingerprint density at radius 1 is 1.22 bits per heavy atom. The summed E-state index contributed by atoms with van der Waals surface area (Å²) in [6.07, 6.45) is 1.05. The first-order valence-electron chi connectivity index (χ1n) is 8.76. The summed E-state index contributed by atoms with van der Waals surface area (Å²) in [6, 6.07) is 8.35. The van der Waals surface area contributed by atoms with Crippen molar-refractivity contribution in [3.8, 4) is 0 Å². The van der Waals surface area contributed by atoms with E-state index in [1.807, 2.05) is 0 Å². The fraction of sp³-hybridized carbons (Fsp3) is 0.368. The molecular formula is C19H21N3O5. The third kappa shape index (κ3) is 4.72. The van der Waals surface area contributed by atoms with Gasteiger partial charge in [0, 0.05) is 30.4 Å². The van der Waals surface area contributed by atoms with Crippen LogP contribution >= 0.6 is 0 Å². The third-order valence-electron chi connectivity index (χ3n) is 4.57. The number of hydrogen-bond donors (Lipinski definition) is 2. The quantitative estimate of drug-likeness (QED) is 0.832. The monoisotopic (exact) mass is 371 g/mol. The Bertz CT molecular complexity index is 835. The van der Waals surface area contributed by atoms with Crippen molar-refractivity contribution < 1.29 is 24.0 Å². The summed E-state index contributed by atoms with van der Waals surface area (Å²) in [5, 5.41) is 15.6. The number of piperidine rings is 1. The highest BCUT2D eigenvalue weighted by atomic mass is 16.5. The lowest BCUT2D eigenvalue weighted by atomic mass is 9.96. The van der Waals surface area contributed by atoms with Crippen LogP contribution in [0.1, 0.15) is 34.7 Å². The number of anilines is 1. The topological polar surface area (TPSA) is 113 Å². The molecule has 0 radical (unpaired) electrons. The Labute approximate surface area is 156 Å². The standard InChI is InChI=1S/C19H21N3O5/c1-12-10-16(21-27-12)11-17(23)20-15-4-2-13(3-5-15)18(24)22-8-6-14(7-9-22)19(25)26/h2-5,10,14H,6-9,11H2,1H3,(H,20,23)(H,25,26). The van der Waals surface area contributed by atoms with Gasteiger partial charge in [-0.1, -0.05) is 5.16 Å². The van der Waals surface area contributed by atoms with Crippen LogP contribution < -0.4 is 5.32 Å². The summed E-state index contributed by atoms with van der Waals surface area (Å²) in [5.41, 5.74) is 1.65. The van der Waals surface area contributed by atoms with Gasteiger partial charge in [-0.25, -0.2) is 0 Å². The molecule has 1 aromatic carbocycles. The van der Waals surface area contributed by atoms with Crippen molar-refractivity contribution >= 4 is 23.5 Å². The number of carboxylic acid groups (broad SMARTS) is 1. The van der Waals surface area contributed by atoms with Crippen molar-refractivity contribution in [1.29, 1.82) is 0 Å². The molecule has 0 unspecified atom stereocenters. The van der Waals surface area contributed by atoms with Crippen molar-refractivity contribution in [3.63, 3.8) is 0 Å². The average molecular weight is 371 g/mol. The molecule has 1 aromatic heterocycles. The van der Waals surface area contributed by atoms with Crippen LogP contribution in [-0.4, -0.2) is 46.0 Å². The molecule has 2 N–H and O–H groups in total. The van der Waals surface area contributed by atoms with Gasteiger partial charge in [0.05, 0.1) is 18.0 Å². The number of carbonyl (C=O) groups is 3. The molecule has 8 nitrogen and oxygen atoms in total. The van der Waals surface area contributed by atoms with Crippen LogP contribution in [0.3, 0.4) is 0 Å². The van der Waals surface area contributed by atoms with Crippen LogP contribution in [0.4, 0.5) is 5.69 Å². The Morgan fingerprint density at radius 3 is 2.44 bits per heavy atom.